The Morgan fingerprint density at radius 2 is 2.40 bits per heavy atom. The molecule has 0 atom stereocenters. The van der Waals surface area contributed by atoms with E-state index in [1.807, 2.05) is 29.7 Å². The van der Waals surface area contributed by atoms with Gasteiger partial charge in [0.15, 0.2) is 5.82 Å². The molecule has 0 saturated heterocycles. The average Bonchev–Trinajstić information content (AvgIpc) is 2.77. The molecular weight excluding hydrogens is 232 g/mol. The first kappa shape index (κ1) is 10.4. The van der Waals surface area contributed by atoms with E-state index in [-0.39, 0.29) is 0 Å². The number of aromatic nitrogens is 1. The van der Waals surface area contributed by atoms with Crippen LogP contribution in [0.4, 0.5) is 5.82 Å². The van der Waals surface area contributed by atoms with E-state index in [1.165, 1.54) is 23.3 Å². The van der Waals surface area contributed by atoms with Gasteiger partial charge in [-0.1, -0.05) is 5.16 Å². The summed E-state index contributed by atoms with van der Waals surface area (Å²) in [6.45, 7) is 1.84. The van der Waals surface area contributed by atoms with Crippen LogP contribution in [0, 0.1) is 6.92 Å². The Morgan fingerprint density at radius 1 is 1.60 bits per heavy atom. The number of hydrogen-bond donors (Lipinski definition) is 1. The Balaban J connectivity index is 2.10. The van der Waals surface area contributed by atoms with Crippen molar-refractivity contribution in [3.05, 3.63) is 23.3 Å². The van der Waals surface area contributed by atoms with Crippen LogP contribution >= 0.6 is 23.3 Å². The molecule has 2 rings (SSSR count). The molecule has 0 aromatic carbocycles. The molecule has 0 amide bonds. The summed E-state index contributed by atoms with van der Waals surface area (Å²) in [5.41, 5.74) is 0. The summed E-state index contributed by atoms with van der Waals surface area (Å²) in [4.78, 5) is 0. The summed E-state index contributed by atoms with van der Waals surface area (Å²) in [5.74, 6) is 1.82. The molecule has 0 fully saturated rings. The predicted octanol–water partition coefficient (Wildman–Crippen LogP) is 2.89. The quantitative estimate of drug-likeness (QED) is 0.839. The normalized spacial score (nSPS) is 10.5. The van der Waals surface area contributed by atoms with Gasteiger partial charge in [0.2, 0.25) is 0 Å². The van der Waals surface area contributed by atoms with Gasteiger partial charge < -0.3 is 9.63 Å². The van der Waals surface area contributed by atoms with Crippen LogP contribution in [0.3, 0.4) is 0 Å². The Labute approximate surface area is 95.6 Å². The third kappa shape index (κ3) is 2.27. The second-order valence-corrected chi connectivity index (χ2v) is 5.29. The van der Waals surface area contributed by atoms with E-state index >= 15 is 0 Å². The Kier molecular flexibility index (Phi) is 2.88. The van der Waals surface area contributed by atoms with Crippen molar-refractivity contribution < 1.29 is 9.63 Å². The lowest BCUT2D eigenvalue weighted by atomic mass is 10.5. The number of aryl methyl sites for hydroxylation is 1. The SMILES string of the molecule is Cc1cc(N(C)Sc2sccc2O)no1. The fourth-order valence-electron chi connectivity index (χ4n) is 1.03. The molecule has 2 aromatic heterocycles. The highest BCUT2D eigenvalue weighted by Crippen LogP contribution is 2.36. The minimum atomic E-state index is 0.303. The second kappa shape index (κ2) is 4.16. The molecule has 0 aliphatic carbocycles. The summed E-state index contributed by atoms with van der Waals surface area (Å²) in [5, 5.41) is 15.2. The van der Waals surface area contributed by atoms with Crippen LogP contribution in [-0.2, 0) is 0 Å². The third-order valence-electron chi connectivity index (χ3n) is 1.77. The fourth-order valence-corrected chi connectivity index (χ4v) is 2.80. The number of aromatic hydroxyl groups is 1. The first-order valence-corrected chi connectivity index (χ1v) is 5.93. The summed E-state index contributed by atoms with van der Waals surface area (Å²) in [7, 11) is 1.88. The van der Waals surface area contributed by atoms with Crippen LogP contribution in [0.15, 0.2) is 26.2 Å². The monoisotopic (exact) mass is 242 g/mol. The maximum Gasteiger partial charge on any atom is 0.182 e. The average molecular weight is 242 g/mol. The summed E-state index contributed by atoms with van der Waals surface area (Å²) >= 11 is 2.91. The van der Waals surface area contributed by atoms with Gasteiger partial charge >= 0.3 is 0 Å². The summed E-state index contributed by atoms with van der Waals surface area (Å²) in [6, 6.07) is 3.52. The van der Waals surface area contributed by atoms with Crippen LogP contribution in [0.1, 0.15) is 5.76 Å². The number of rotatable bonds is 3. The lowest BCUT2D eigenvalue weighted by Crippen LogP contribution is -2.05. The molecule has 6 heteroatoms. The van der Waals surface area contributed by atoms with E-state index in [1.54, 1.807) is 6.07 Å². The highest BCUT2D eigenvalue weighted by atomic mass is 32.2. The first-order chi connectivity index (χ1) is 7.16. The molecule has 15 heavy (non-hydrogen) atoms. The van der Waals surface area contributed by atoms with Crippen LogP contribution in [-0.4, -0.2) is 17.3 Å². The van der Waals surface area contributed by atoms with Crippen LogP contribution in [0.2, 0.25) is 0 Å². The predicted molar refractivity (Wildman–Crippen MR) is 61.5 cm³/mol. The number of nitrogens with zero attached hydrogens (tertiary/aromatic N) is 2. The molecule has 2 aromatic rings. The number of anilines is 1. The van der Waals surface area contributed by atoms with Crippen molar-refractivity contribution >= 4 is 29.1 Å². The van der Waals surface area contributed by atoms with Crippen molar-refractivity contribution in [3.63, 3.8) is 0 Å². The van der Waals surface area contributed by atoms with Gasteiger partial charge in [0.1, 0.15) is 15.7 Å². The van der Waals surface area contributed by atoms with Crippen LogP contribution in [0.5, 0.6) is 5.75 Å². The van der Waals surface area contributed by atoms with Gasteiger partial charge in [-0.05, 0) is 18.4 Å². The van der Waals surface area contributed by atoms with Gasteiger partial charge in [-0.15, -0.1) is 11.3 Å². The van der Waals surface area contributed by atoms with Gasteiger partial charge in [0.25, 0.3) is 0 Å². The molecule has 0 aliphatic rings. The van der Waals surface area contributed by atoms with E-state index in [4.69, 9.17) is 4.52 Å². The number of hydrogen-bond acceptors (Lipinski definition) is 6. The minimum Gasteiger partial charge on any atom is -0.506 e. The van der Waals surface area contributed by atoms with Gasteiger partial charge in [-0.25, -0.2) is 0 Å². The first-order valence-electron chi connectivity index (χ1n) is 4.28. The lowest BCUT2D eigenvalue weighted by Gasteiger charge is -2.11. The van der Waals surface area contributed by atoms with E-state index in [2.05, 4.69) is 5.16 Å². The maximum absolute atomic E-state index is 9.47. The molecule has 80 valence electrons. The standard InChI is InChI=1S/C9H10N2O2S2/c1-6-5-8(10-13-6)11(2)15-9-7(12)3-4-14-9/h3-5,12H,1-2H3. The Morgan fingerprint density at radius 3 is 2.93 bits per heavy atom. The zero-order valence-electron chi connectivity index (χ0n) is 8.30. The maximum atomic E-state index is 9.47. The summed E-state index contributed by atoms with van der Waals surface area (Å²) < 4.78 is 7.67. The van der Waals surface area contributed by atoms with Gasteiger partial charge in [-0.3, -0.25) is 4.31 Å². The molecule has 1 N–H and O–H groups in total. The van der Waals surface area contributed by atoms with Crippen LogP contribution < -0.4 is 4.31 Å². The molecule has 4 nitrogen and oxygen atoms in total. The molecule has 0 aliphatic heterocycles. The molecule has 0 spiro atoms. The van der Waals surface area contributed by atoms with Gasteiger partial charge in [0.05, 0.1) is 0 Å². The van der Waals surface area contributed by atoms with Crippen molar-refractivity contribution in [1.29, 1.82) is 0 Å². The van der Waals surface area contributed by atoms with Gasteiger partial charge in [0, 0.05) is 25.1 Å². The molecule has 0 saturated carbocycles. The number of thiophene rings is 1. The topological polar surface area (TPSA) is 49.5 Å². The third-order valence-corrected chi connectivity index (χ3v) is 3.81. The smallest absolute Gasteiger partial charge is 0.182 e. The van der Waals surface area contributed by atoms with Crippen molar-refractivity contribution in [1.82, 2.24) is 5.16 Å². The molecule has 0 unspecified atom stereocenters. The zero-order chi connectivity index (χ0) is 10.8. The minimum absolute atomic E-state index is 0.303. The largest absolute Gasteiger partial charge is 0.506 e. The Bertz CT molecular complexity index is 452. The van der Waals surface area contributed by atoms with E-state index in [0.29, 0.717) is 5.75 Å². The second-order valence-electron chi connectivity index (χ2n) is 2.98. The van der Waals surface area contributed by atoms with E-state index < -0.39 is 0 Å². The van der Waals surface area contributed by atoms with E-state index in [9.17, 15) is 5.11 Å². The van der Waals surface area contributed by atoms with Crippen molar-refractivity contribution in [2.75, 3.05) is 11.4 Å². The van der Waals surface area contributed by atoms with E-state index in [0.717, 1.165) is 15.8 Å². The van der Waals surface area contributed by atoms with Crippen molar-refractivity contribution in [2.45, 2.75) is 11.1 Å². The fraction of sp³-hybridized carbons (Fsp3) is 0.222. The molecule has 2 heterocycles. The van der Waals surface area contributed by atoms with Crippen molar-refractivity contribution in [3.8, 4) is 5.75 Å². The highest BCUT2D eigenvalue weighted by Gasteiger charge is 2.11. The molecule has 0 radical (unpaired) electrons. The van der Waals surface area contributed by atoms with Gasteiger partial charge in [-0.2, -0.15) is 0 Å². The lowest BCUT2D eigenvalue weighted by molar-refractivity contribution is 0.399. The molecule has 0 bridgehead atoms. The summed E-state index contributed by atoms with van der Waals surface area (Å²) in [6.07, 6.45) is 0. The zero-order valence-corrected chi connectivity index (χ0v) is 9.93. The highest BCUT2D eigenvalue weighted by molar-refractivity contribution is 8.02. The van der Waals surface area contributed by atoms with Crippen molar-refractivity contribution in [2.24, 2.45) is 0 Å². The Hall–Kier alpha value is -1.14. The molecular formula is C9H10N2O2S2. The van der Waals surface area contributed by atoms with Crippen LogP contribution in [0.25, 0.3) is 0 Å².